The molecule has 1 aromatic heterocycles. The molecule has 0 bridgehead atoms. The van der Waals surface area contributed by atoms with Crippen LogP contribution in [0.15, 0.2) is 53.7 Å². The number of nitrogens with one attached hydrogen (secondary N) is 1. The van der Waals surface area contributed by atoms with Crippen molar-refractivity contribution in [1.82, 2.24) is 15.2 Å². The average Bonchev–Trinajstić information content (AvgIpc) is 2.85. The van der Waals surface area contributed by atoms with Crippen LogP contribution in [0.5, 0.6) is 5.88 Å². The molecule has 138 valence electrons. The minimum Gasteiger partial charge on any atom is -0.448 e. The molecule has 1 N–H and O–H groups in total. The molecular formula is C21H22N4OS. The predicted octanol–water partition coefficient (Wildman–Crippen LogP) is 5.24. The van der Waals surface area contributed by atoms with Crippen LogP contribution in [0.2, 0.25) is 0 Å². The molecule has 27 heavy (non-hydrogen) atoms. The van der Waals surface area contributed by atoms with Gasteiger partial charge in [0.1, 0.15) is 0 Å². The Morgan fingerprint density at radius 2 is 1.89 bits per heavy atom. The van der Waals surface area contributed by atoms with Crippen LogP contribution < -0.4 is 10.1 Å². The van der Waals surface area contributed by atoms with Crippen molar-refractivity contribution < 1.29 is 4.74 Å². The summed E-state index contributed by atoms with van der Waals surface area (Å²) in [6.07, 6.45) is 1.94. The third-order valence-corrected chi connectivity index (χ3v) is 5.46. The number of thioether (sulfide) groups is 1. The molecule has 1 atom stereocenters. The molecule has 0 saturated carbocycles. The summed E-state index contributed by atoms with van der Waals surface area (Å²) in [6, 6.07) is 16.3. The molecule has 3 aromatic rings. The fourth-order valence-electron chi connectivity index (χ4n) is 3.04. The van der Waals surface area contributed by atoms with Gasteiger partial charge < -0.3 is 10.1 Å². The van der Waals surface area contributed by atoms with Crippen molar-refractivity contribution in [3.05, 3.63) is 59.7 Å². The molecule has 1 aliphatic heterocycles. The van der Waals surface area contributed by atoms with E-state index in [0.29, 0.717) is 16.7 Å². The van der Waals surface area contributed by atoms with E-state index in [1.807, 2.05) is 36.4 Å². The number of aryl methyl sites for hydroxylation is 1. The van der Waals surface area contributed by atoms with Gasteiger partial charge in [-0.15, -0.1) is 10.2 Å². The topological polar surface area (TPSA) is 59.9 Å². The molecule has 0 aliphatic carbocycles. The Hall–Kier alpha value is -2.60. The van der Waals surface area contributed by atoms with Gasteiger partial charge in [-0.1, -0.05) is 67.6 Å². The average molecular weight is 379 g/mol. The lowest BCUT2D eigenvalue weighted by molar-refractivity contribution is 0.224. The molecule has 2 aromatic carbocycles. The summed E-state index contributed by atoms with van der Waals surface area (Å²) in [5, 5.41) is 12.9. The fraction of sp³-hybridized carbons (Fsp3) is 0.286. The number of aromatic nitrogens is 3. The van der Waals surface area contributed by atoms with Crippen LogP contribution in [0.3, 0.4) is 0 Å². The molecule has 0 saturated heterocycles. The third-order valence-electron chi connectivity index (χ3n) is 4.53. The Labute approximate surface area is 163 Å². The number of hydrogen-bond acceptors (Lipinski definition) is 6. The maximum Gasteiger partial charge on any atom is 0.247 e. The van der Waals surface area contributed by atoms with Crippen LogP contribution >= 0.6 is 11.8 Å². The smallest absolute Gasteiger partial charge is 0.247 e. The molecule has 0 fully saturated rings. The van der Waals surface area contributed by atoms with E-state index in [0.717, 1.165) is 41.0 Å². The highest BCUT2D eigenvalue weighted by Crippen LogP contribution is 2.39. The summed E-state index contributed by atoms with van der Waals surface area (Å²) >= 11 is 1.62. The first kappa shape index (κ1) is 17.8. The van der Waals surface area contributed by atoms with E-state index in [-0.39, 0.29) is 6.23 Å². The maximum atomic E-state index is 6.32. The number of unbranched alkanes of at least 4 members (excludes halogenated alkanes) is 1. The Kier molecular flexibility index (Phi) is 5.25. The fourth-order valence-corrected chi connectivity index (χ4v) is 3.90. The normalized spacial score (nSPS) is 15.1. The molecule has 4 rings (SSSR count). The zero-order chi connectivity index (χ0) is 18.6. The van der Waals surface area contributed by atoms with E-state index >= 15 is 0 Å². The lowest BCUT2D eigenvalue weighted by Crippen LogP contribution is -2.18. The SMILES string of the molecule is CCCCSc1nnc2c(n1)OC(c1ccccc1C)Nc1ccccc1-2. The largest absolute Gasteiger partial charge is 0.448 e. The highest BCUT2D eigenvalue weighted by molar-refractivity contribution is 7.99. The molecule has 0 radical (unpaired) electrons. The lowest BCUT2D eigenvalue weighted by Gasteiger charge is -2.20. The van der Waals surface area contributed by atoms with Gasteiger partial charge in [-0.3, -0.25) is 0 Å². The molecule has 0 amide bonds. The van der Waals surface area contributed by atoms with Crippen molar-refractivity contribution >= 4 is 17.4 Å². The molecule has 6 heteroatoms. The summed E-state index contributed by atoms with van der Waals surface area (Å²) in [4.78, 5) is 4.68. The Bertz CT molecular complexity index is 947. The number of hydrogen-bond donors (Lipinski definition) is 1. The van der Waals surface area contributed by atoms with Gasteiger partial charge in [0.15, 0.2) is 11.9 Å². The zero-order valence-corrected chi connectivity index (χ0v) is 16.3. The summed E-state index contributed by atoms with van der Waals surface area (Å²) in [6.45, 7) is 4.26. The quantitative estimate of drug-likeness (QED) is 0.484. The molecule has 1 unspecified atom stereocenters. The first-order valence-corrected chi connectivity index (χ1v) is 10.2. The van der Waals surface area contributed by atoms with E-state index in [2.05, 4.69) is 46.5 Å². The summed E-state index contributed by atoms with van der Waals surface area (Å²) in [5.74, 6) is 1.50. The summed E-state index contributed by atoms with van der Waals surface area (Å²) < 4.78 is 6.32. The Balaban J connectivity index is 1.76. The first-order chi connectivity index (χ1) is 13.3. The zero-order valence-electron chi connectivity index (χ0n) is 15.5. The Morgan fingerprint density at radius 1 is 1.07 bits per heavy atom. The van der Waals surface area contributed by atoms with Gasteiger partial charge in [-0.2, -0.15) is 4.98 Å². The van der Waals surface area contributed by atoms with Crippen LogP contribution in [-0.2, 0) is 0 Å². The minimum atomic E-state index is -0.334. The van der Waals surface area contributed by atoms with Crippen LogP contribution in [-0.4, -0.2) is 20.9 Å². The van der Waals surface area contributed by atoms with Crippen LogP contribution in [0.4, 0.5) is 5.69 Å². The van der Waals surface area contributed by atoms with E-state index in [1.54, 1.807) is 11.8 Å². The van der Waals surface area contributed by atoms with E-state index in [4.69, 9.17) is 4.74 Å². The molecular weight excluding hydrogens is 356 g/mol. The van der Waals surface area contributed by atoms with Crippen LogP contribution in [0.1, 0.15) is 37.1 Å². The number of rotatable bonds is 5. The predicted molar refractivity (Wildman–Crippen MR) is 109 cm³/mol. The van der Waals surface area contributed by atoms with Gasteiger partial charge in [-0.05, 0) is 25.0 Å². The van der Waals surface area contributed by atoms with E-state index in [1.165, 1.54) is 0 Å². The number of ether oxygens (including phenoxy) is 1. The number of para-hydroxylation sites is 1. The number of benzene rings is 2. The highest BCUT2D eigenvalue weighted by Gasteiger charge is 2.26. The van der Waals surface area contributed by atoms with Crippen molar-refractivity contribution in [2.24, 2.45) is 0 Å². The van der Waals surface area contributed by atoms with Crippen molar-refractivity contribution in [3.63, 3.8) is 0 Å². The van der Waals surface area contributed by atoms with Gasteiger partial charge in [0.2, 0.25) is 11.0 Å². The number of anilines is 1. The number of nitrogens with zero attached hydrogens (tertiary/aromatic N) is 3. The van der Waals surface area contributed by atoms with Gasteiger partial charge in [-0.25, -0.2) is 0 Å². The number of fused-ring (bicyclic) bond motifs is 3. The second-order valence-electron chi connectivity index (χ2n) is 6.49. The monoisotopic (exact) mass is 378 g/mol. The van der Waals surface area contributed by atoms with Gasteiger partial charge in [0, 0.05) is 22.6 Å². The minimum absolute atomic E-state index is 0.334. The molecule has 0 spiro atoms. The van der Waals surface area contributed by atoms with Gasteiger partial charge in [0.25, 0.3) is 0 Å². The third kappa shape index (κ3) is 3.76. The van der Waals surface area contributed by atoms with Gasteiger partial charge >= 0.3 is 0 Å². The maximum absolute atomic E-state index is 6.32. The van der Waals surface area contributed by atoms with E-state index in [9.17, 15) is 0 Å². The summed E-state index contributed by atoms with van der Waals surface area (Å²) in [7, 11) is 0. The van der Waals surface area contributed by atoms with E-state index < -0.39 is 0 Å². The van der Waals surface area contributed by atoms with Crippen LogP contribution in [0.25, 0.3) is 11.3 Å². The standard InChI is InChI=1S/C21H22N4OS/c1-3-4-13-27-21-23-20-18(24-25-21)16-11-7-8-12-17(16)22-19(26-20)15-10-6-5-9-14(15)2/h5-12,19,22H,3-4,13H2,1-2H3. The molecule has 5 nitrogen and oxygen atoms in total. The second kappa shape index (κ2) is 7.96. The van der Waals surface area contributed by atoms with Crippen molar-refractivity contribution in [2.45, 2.75) is 38.1 Å². The van der Waals surface area contributed by atoms with Crippen molar-refractivity contribution in [2.75, 3.05) is 11.1 Å². The highest BCUT2D eigenvalue weighted by atomic mass is 32.2. The second-order valence-corrected chi connectivity index (χ2v) is 7.56. The van der Waals surface area contributed by atoms with Gasteiger partial charge in [0.05, 0.1) is 0 Å². The molecule has 1 aliphatic rings. The molecule has 2 heterocycles. The van der Waals surface area contributed by atoms with Crippen LogP contribution in [0, 0.1) is 6.92 Å². The summed E-state index contributed by atoms with van der Waals surface area (Å²) in [5.41, 5.74) is 4.84. The van der Waals surface area contributed by atoms with Crippen molar-refractivity contribution in [3.8, 4) is 17.1 Å². The Morgan fingerprint density at radius 3 is 2.74 bits per heavy atom. The lowest BCUT2D eigenvalue weighted by atomic mass is 10.1. The van der Waals surface area contributed by atoms with Crippen molar-refractivity contribution in [1.29, 1.82) is 0 Å². The first-order valence-electron chi connectivity index (χ1n) is 9.22.